The number of unbranched alkanes of at least 4 members (excludes halogenated alkanes) is 1. The van der Waals surface area contributed by atoms with Gasteiger partial charge in [0.15, 0.2) is 0 Å². The van der Waals surface area contributed by atoms with Crippen LogP contribution in [0.15, 0.2) is 0 Å². The van der Waals surface area contributed by atoms with E-state index in [0.717, 1.165) is 38.6 Å². The van der Waals surface area contributed by atoms with Gasteiger partial charge in [0.05, 0.1) is 5.75 Å². The predicted molar refractivity (Wildman–Crippen MR) is 67.0 cm³/mol. The second kappa shape index (κ2) is 6.57. The van der Waals surface area contributed by atoms with Crippen molar-refractivity contribution in [1.29, 1.82) is 0 Å². The van der Waals surface area contributed by atoms with Crippen molar-refractivity contribution in [3.8, 4) is 0 Å². The van der Waals surface area contributed by atoms with Gasteiger partial charge < -0.3 is 5.32 Å². The summed E-state index contributed by atoms with van der Waals surface area (Å²) in [5, 5.41) is 3.04. The van der Waals surface area contributed by atoms with Crippen LogP contribution in [-0.2, 0) is 10.0 Å². The van der Waals surface area contributed by atoms with Crippen molar-refractivity contribution < 1.29 is 8.42 Å². The van der Waals surface area contributed by atoms with E-state index >= 15 is 0 Å². The van der Waals surface area contributed by atoms with Gasteiger partial charge >= 0.3 is 0 Å². The zero-order valence-electron chi connectivity index (χ0n) is 10.4. The fourth-order valence-electron chi connectivity index (χ4n) is 1.84. The van der Waals surface area contributed by atoms with Crippen LogP contribution < -0.4 is 5.32 Å². The summed E-state index contributed by atoms with van der Waals surface area (Å²) in [6.07, 6.45) is 4.70. The van der Waals surface area contributed by atoms with Crippen LogP contribution in [0.25, 0.3) is 0 Å². The van der Waals surface area contributed by atoms with E-state index in [1.54, 1.807) is 4.31 Å². The third-order valence-electron chi connectivity index (χ3n) is 2.83. The summed E-state index contributed by atoms with van der Waals surface area (Å²) in [6.45, 7) is 3.62. The molecular formula is C11H24N2O2S. The van der Waals surface area contributed by atoms with Gasteiger partial charge in [0.2, 0.25) is 10.0 Å². The molecule has 1 aliphatic rings. The highest BCUT2D eigenvalue weighted by Gasteiger charge is 2.35. The fraction of sp³-hybridized carbons (Fsp3) is 1.00. The van der Waals surface area contributed by atoms with Gasteiger partial charge in [-0.05, 0) is 45.7 Å². The molecule has 1 fully saturated rings. The molecule has 0 saturated heterocycles. The van der Waals surface area contributed by atoms with Gasteiger partial charge in [-0.1, -0.05) is 6.92 Å². The lowest BCUT2D eigenvalue weighted by Crippen LogP contribution is -2.35. The second-order valence-electron chi connectivity index (χ2n) is 4.47. The van der Waals surface area contributed by atoms with Gasteiger partial charge in [0.1, 0.15) is 0 Å². The first kappa shape index (κ1) is 13.9. The van der Waals surface area contributed by atoms with E-state index in [0.29, 0.717) is 18.3 Å². The van der Waals surface area contributed by atoms with Crippen molar-refractivity contribution in [3.05, 3.63) is 0 Å². The Labute approximate surface area is 99.5 Å². The van der Waals surface area contributed by atoms with Crippen LogP contribution in [0, 0.1) is 0 Å². The van der Waals surface area contributed by atoms with Crippen molar-refractivity contribution in [1.82, 2.24) is 9.62 Å². The summed E-state index contributed by atoms with van der Waals surface area (Å²) in [5.41, 5.74) is 0. The maximum atomic E-state index is 12.1. The Hall–Kier alpha value is -0.130. The molecule has 1 aliphatic carbocycles. The van der Waals surface area contributed by atoms with Gasteiger partial charge in [-0.25, -0.2) is 8.42 Å². The Morgan fingerprint density at radius 1 is 1.31 bits per heavy atom. The summed E-state index contributed by atoms with van der Waals surface area (Å²) in [5.74, 6) is 0.311. The lowest BCUT2D eigenvalue weighted by atomic mass is 10.3. The van der Waals surface area contributed by atoms with E-state index in [4.69, 9.17) is 0 Å². The largest absolute Gasteiger partial charge is 0.320 e. The van der Waals surface area contributed by atoms with Crippen LogP contribution in [0.3, 0.4) is 0 Å². The van der Waals surface area contributed by atoms with Crippen LogP contribution in [0.2, 0.25) is 0 Å². The quantitative estimate of drug-likeness (QED) is 0.624. The molecule has 0 bridgehead atoms. The molecule has 0 unspecified atom stereocenters. The summed E-state index contributed by atoms with van der Waals surface area (Å²) >= 11 is 0. The maximum absolute atomic E-state index is 12.1. The Kier molecular flexibility index (Phi) is 5.72. The Morgan fingerprint density at radius 2 is 2.00 bits per heavy atom. The molecule has 0 amide bonds. The molecule has 0 spiro atoms. The molecule has 1 N–H and O–H groups in total. The summed E-state index contributed by atoms with van der Waals surface area (Å²) in [7, 11) is -1.11. The fourth-order valence-corrected chi connectivity index (χ4v) is 3.76. The van der Waals surface area contributed by atoms with E-state index in [2.05, 4.69) is 5.32 Å². The highest BCUT2D eigenvalue weighted by Crippen LogP contribution is 2.29. The number of hydrogen-bond acceptors (Lipinski definition) is 3. The molecule has 4 nitrogen and oxygen atoms in total. The van der Waals surface area contributed by atoms with E-state index in [1.165, 1.54) is 0 Å². The van der Waals surface area contributed by atoms with Crippen LogP contribution in [0.5, 0.6) is 0 Å². The molecule has 0 atom stereocenters. The molecule has 1 rings (SSSR count). The average molecular weight is 248 g/mol. The molecule has 0 heterocycles. The van der Waals surface area contributed by atoms with Gasteiger partial charge in [0, 0.05) is 12.6 Å². The highest BCUT2D eigenvalue weighted by atomic mass is 32.2. The third kappa shape index (κ3) is 4.39. The first-order chi connectivity index (χ1) is 7.61. The molecule has 0 aromatic carbocycles. The number of rotatable bonds is 9. The Bertz CT molecular complexity index is 286. The maximum Gasteiger partial charge on any atom is 0.214 e. The molecule has 0 aromatic rings. The minimum Gasteiger partial charge on any atom is -0.320 e. The number of hydrogen-bond donors (Lipinski definition) is 1. The summed E-state index contributed by atoms with van der Waals surface area (Å²) < 4.78 is 25.9. The number of sulfonamides is 1. The van der Waals surface area contributed by atoms with E-state index in [9.17, 15) is 8.42 Å². The van der Waals surface area contributed by atoms with Crippen molar-refractivity contribution in [2.75, 3.05) is 25.9 Å². The topological polar surface area (TPSA) is 49.4 Å². The first-order valence-corrected chi connectivity index (χ1v) is 7.87. The SMILES string of the molecule is CCCN(C1CC1)S(=O)(=O)CCCCNC. The Morgan fingerprint density at radius 3 is 2.50 bits per heavy atom. The molecule has 1 saturated carbocycles. The lowest BCUT2D eigenvalue weighted by Gasteiger charge is -2.21. The van der Waals surface area contributed by atoms with Gasteiger partial charge in [-0.3, -0.25) is 0 Å². The zero-order valence-corrected chi connectivity index (χ0v) is 11.2. The van der Waals surface area contributed by atoms with E-state index < -0.39 is 10.0 Å². The molecule has 0 aliphatic heterocycles. The standard InChI is InChI=1S/C11H24N2O2S/c1-3-9-13(11-6-7-11)16(14,15)10-5-4-8-12-2/h11-12H,3-10H2,1-2H3. The number of nitrogens with one attached hydrogen (secondary N) is 1. The monoisotopic (exact) mass is 248 g/mol. The number of nitrogens with zero attached hydrogens (tertiary/aromatic N) is 1. The molecule has 0 radical (unpaired) electrons. The minimum absolute atomic E-state index is 0.311. The second-order valence-corrected chi connectivity index (χ2v) is 6.51. The van der Waals surface area contributed by atoms with Crippen LogP contribution in [-0.4, -0.2) is 44.7 Å². The molecular weight excluding hydrogens is 224 g/mol. The molecule has 0 aromatic heterocycles. The molecule has 16 heavy (non-hydrogen) atoms. The van der Waals surface area contributed by atoms with Crippen molar-refractivity contribution in [3.63, 3.8) is 0 Å². The van der Waals surface area contributed by atoms with Crippen LogP contribution >= 0.6 is 0 Å². The van der Waals surface area contributed by atoms with Crippen molar-refractivity contribution >= 4 is 10.0 Å². The first-order valence-electron chi connectivity index (χ1n) is 6.26. The van der Waals surface area contributed by atoms with E-state index in [1.807, 2.05) is 14.0 Å². The Balaban J connectivity index is 2.39. The molecule has 96 valence electrons. The lowest BCUT2D eigenvalue weighted by molar-refractivity contribution is 0.402. The van der Waals surface area contributed by atoms with Gasteiger partial charge in [0.25, 0.3) is 0 Å². The van der Waals surface area contributed by atoms with Crippen LogP contribution in [0.4, 0.5) is 0 Å². The van der Waals surface area contributed by atoms with Crippen molar-refractivity contribution in [2.45, 2.75) is 45.1 Å². The summed E-state index contributed by atoms with van der Waals surface area (Å²) in [4.78, 5) is 0. The minimum atomic E-state index is -3.00. The smallest absolute Gasteiger partial charge is 0.214 e. The highest BCUT2D eigenvalue weighted by molar-refractivity contribution is 7.89. The van der Waals surface area contributed by atoms with E-state index in [-0.39, 0.29) is 0 Å². The van der Waals surface area contributed by atoms with Gasteiger partial charge in [-0.2, -0.15) is 4.31 Å². The third-order valence-corrected chi connectivity index (χ3v) is 4.83. The predicted octanol–water partition coefficient (Wildman–Crippen LogP) is 1.19. The summed E-state index contributed by atoms with van der Waals surface area (Å²) in [6, 6.07) is 0.314. The average Bonchev–Trinajstić information content (AvgIpc) is 3.04. The zero-order chi connectivity index (χ0) is 12.0. The van der Waals surface area contributed by atoms with Crippen LogP contribution in [0.1, 0.15) is 39.0 Å². The normalized spacial score (nSPS) is 16.9. The van der Waals surface area contributed by atoms with Gasteiger partial charge in [-0.15, -0.1) is 0 Å². The van der Waals surface area contributed by atoms with Crippen molar-refractivity contribution in [2.24, 2.45) is 0 Å². The molecule has 5 heteroatoms.